The number of hydrogen-bond acceptors (Lipinski definition) is 4. The van der Waals surface area contributed by atoms with E-state index in [-0.39, 0.29) is 6.42 Å². The number of rotatable bonds is 4. The number of carboxylic acid groups (broad SMARTS) is 1. The minimum absolute atomic E-state index is 0.00532. The molecule has 1 heterocycles. The number of carbonyl (C=O) groups is 2. The normalized spacial score (nSPS) is 12.3. The zero-order chi connectivity index (χ0) is 13.1. The predicted molar refractivity (Wildman–Crippen MR) is 63.0 cm³/mol. The van der Waals surface area contributed by atoms with Gasteiger partial charge in [0, 0.05) is 5.39 Å². The van der Waals surface area contributed by atoms with Crippen molar-refractivity contribution >= 4 is 22.8 Å². The van der Waals surface area contributed by atoms with Gasteiger partial charge in [0.2, 0.25) is 5.91 Å². The predicted octanol–water partition coefficient (Wildman–Crippen LogP) is 0.960. The van der Waals surface area contributed by atoms with Gasteiger partial charge in [-0.05, 0) is 19.1 Å². The molecule has 18 heavy (non-hydrogen) atoms. The molecule has 2 rings (SSSR count). The molecule has 6 nitrogen and oxygen atoms in total. The molecule has 0 saturated carbocycles. The number of carboxylic acids is 1. The fourth-order valence-corrected chi connectivity index (χ4v) is 1.57. The molecule has 94 valence electrons. The first-order valence-electron chi connectivity index (χ1n) is 5.43. The van der Waals surface area contributed by atoms with E-state index in [0.717, 1.165) is 5.39 Å². The first kappa shape index (κ1) is 12.1. The Labute approximate surface area is 103 Å². The van der Waals surface area contributed by atoms with Gasteiger partial charge in [-0.2, -0.15) is 0 Å². The molecule has 2 N–H and O–H groups in total. The summed E-state index contributed by atoms with van der Waals surface area (Å²) in [5, 5.41) is 15.6. The summed E-state index contributed by atoms with van der Waals surface area (Å²) in [6, 6.07) is 6.26. The number of nitrogens with one attached hydrogen (secondary N) is 1. The highest BCUT2D eigenvalue weighted by Gasteiger charge is 2.16. The molecule has 0 radical (unpaired) electrons. The van der Waals surface area contributed by atoms with E-state index >= 15 is 0 Å². The van der Waals surface area contributed by atoms with Gasteiger partial charge >= 0.3 is 5.97 Å². The minimum Gasteiger partial charge on any atom is -0.480 e. The quantitative estimate of drug-likeness (QED) is 0.840. The van der Waals surface area contributed by atoms with Crippen LogP contribution in [0.1, 0.15) is 12.6 Å². The fourth-order valence-electron chi connectivity index (χ4n) is 1.57. The molecule has 0 aliphatic rings. The Kier molecular flexibility index (Phi) is 3.27. The Bertz CT molecular complexity index is 591. The summed E-state index contributed by atoms with van der Waals surface area (Å²) in [5.74, 6) is -1.47. The summed E-state index contributed by atoms with van der Waals surface area (Å²) in [5.41, 5.74) is 1.10. The lowest BCUT2D eigenvalue weighted by Gasteiger charge is -2.07. The van der Waals surface area contributed by atoms with Crippen molar-refractivity contribution in [1.82, 2.24) is 10.5 Å². The van der Waals surface area contributed by atoms with Crippen LogP contribution in [-0.4, -0.2) is 28.2 Å². The molecule has 1 atom stereocenters. The maximum absolute atomic E-state index is 11.6. The molecule has 0 spiro atoms. The second kappa shape index (κ2) is 4.87. The Hall–Kier alpha value is -2.37. The van der Waals surface area contributed by atoms with Gasteiger partial charge in [0.05, 0.1) is 6.42 Å². The van der Waals surface area contributed by atoms with E-state index in [1.54, 1.807) is 12.1 Å². The van der Waals surface area contributed by atoms with E-state index in [9.17, 15) is 9.59 Å². The third kappa shape index (κ3) is 2.48. The van der Waals surface area contributed by atoms with E-state index in [4.69, 9.17) is 9.63 Å². The van der Waals surface area contributed by atoms with E-state index in [0.29, 0.717) is 11.3 Å². The first-order valence-corrected chi connectivity index (χ1v) is 5.43. The lowest BCUT2D eigenvalue weighted by molar-refractivity contribution is -0.141. The van der Waals surface area contributed by atoms with Crippen LogP contribution in [0.2, 0.25) is 0 Å². The average molecular weight is 248 g/mol. The highest BCUT2D eigenvalue weighted by molar-refractivity contribution is 5.88. The van der Waals surface area contributed by atoms with E-state index in [2.05, 4.69) is 10.5 Å². The number of amides is 1. The van der Waals surface area contributed by atoms with Gasteiger partial charge < -0.3 is 14.9 Å². The molecule has 6 heteroatoms. The number of para-hydroxylation sites is 1. The number of benzene rings is 1. The van der Waals surface area contributed by atoms with Crippen LogP contribution in [0.5, 0.6) is 0 Å². The van der Waals surface area contributed by atoms with Gasteiger partial charge in [-0.25, -0.2) is 0 Å². The molecule has 0 aliphatic heterocycles. The van der Waals surface area contributed by atoms with Crippen molar-refractivity contribution in [2.75, 3.05) is 0 Å². The zero-order valence-electron chi connectivity index (χ0n) is 9.71. The zero-order valence-corrected chi connectivity index (χ0v) is 9.71. The molecular weight excluding hydrogens is 236 g/mol. The van der Waals surface area contributed by atoms with Crippen LogP contribution in [0, 0.1) is 0 Å². The SMILES string of the molecule is CC(NC(=O)Cc1noc2ccccc12)C(=O)O. The monoisotopic (exact) mass is 248 g/mol. The van der Waals surface area contributed by atoms with Crippen molar-refractivity contribution < 1.29 is 19.2 Å². The number of aliphatic carboxylic acids is 1. The van der Waals surface area contributed by atoms with Gasteiger partial charge in [0.15, 0.2) is 5.58 Å². The Morgan fingerprint density at radius 1 is 1.44 bits per heavy atom. The molecule has 0 bridgehead atoms. The Morgan fingerprint density at radius 2 is 2.17 bits per heavy atom. The lowest BCUT2D eigenvalue weighted by Crippen LogP contribution is -2.39. The summed E-state index contributed by atoms with van der Waals surface area (Å²) in [4.78, 5) is 22.2. The van der Waals surface area contributed by atoms with Crippen LogP contribution in [-0.2, 0) is 16.0 Å². The van der Waals surface area contributed by atoms with Crippen LogP contribution in [0.15, 0.2) is 28.8 Å². The maximum atomic E-state index is 11.6. The highest BCUT2D eigenvalue weighted by Crippen LogP contribution is 2.17. The summed E-state index contributed by atoms with van der Waals surface area (Å²) in [7, 11) is 0. The topological polar surface area (TPSA) is 92.4 Å². The molecule has 1 unspecified atom stereocenters. The summed E-state index contributed by atoms with van der Waals surface area (Å²) >= 11 is 0. The molecule has 2 aromatic rings. The maximum Gasteiger partial charge on any atom is 0.325 e. The van der Waals surface area contributed by atoms with Crippen molar-refractivity contribution in [2.45, 2.75) is 19.4 Å². The Morgan fingerprint density at radius 3 is 2.89 bits per heavy atom. The molecule has 0 fully saturated rings. The molecule has 1 aromatic heterocycles. The molecule has 1 aromatic carbocycles. The molecule has 0 saturated heterocycles. The number of hydrogen-bond donors (Lipinski definition) is 2. The molecule has 0 aliphatic carbocycles. The van der Waals surface area contributed by atoms with Crippen LogP contribution in [0.25, 0.3) is 11.0 Å². The second-order valence-electron chi connectivity index (χ2n) is 3.93. The van der Waals surface area contributed by atoms with Crippen molar-refractivity contribution in [3.05, 3.63) is 30.0 Å². The van der Waals surface area contributed by atoms with E-state index in [1.807, 2.05) is 12.1 Å². The second-order valence-corrected chi connectivity index (χ2v) is 3.93. The summed E-state index contributed by atoms with van der Waals surface area (Å²) in [6.45, 7) is 1.40. The average Bonchev–Trinajstić information content (AvgIpc) is 2.72. The van der Waals surface area contributed by atoms with Crippen molar-refractivity contribution in [1.29, 1.82) is 0 Å². The fraction of sp³-hybridized carbons (Fsp3) is 0.250. The van der Waals surface area contributed by atoms with Crippen LogP contribution in [0.4, 0.5) is 0 Å². The van der Waals surface area contributed by atoms with Crippen LogP contribution in [0.3, 0.4) is 0 Å². The molecule has 1 amide bonds. The number of nitrogens with zero attached hydrogens (tertiary/aromatic N) is 1. The smallest absolute Gasteiger partial charge is 0.325 e. The number of fused-ring (bicyclic) bond motifs is 1. The number of aromatic nitrogens is 1. The van der Waals surface area contributed by atoms with Gasteiger partial charge in [-0.3, -0.25) is 9.59 Å². The third-order valence-electron chi connectivity index (χ3n) is 2.53. The largest absolute Gasteiger partial charge is 0.480 e. The van der Waals surface area contributed by atoms with Crippen LogP contribution >= 0.6 is 0 Å². The minimum atomic E-state index is -1.08. The molecular formula is C12H12N2O4. The van der Waals surface area contributed by atoms with Crippen LogP contribution < -0.4 is 5.32 Å². The Balaban J connectivity index is 2.10. The third-order valence-corrected chi connectivity index (χ3v) is 2.53. The van der Waals surface area contributed by atoms with E-state index in [1.165, 1.54) is 6.92 Å². The standard InChI is InChI=1S/C12H12N2O4/c1-7(12(16)17)13-11(15)6-9-8-4-2-3-5-10(8)18-14-9/h2-5,7H,6H2,1H3,(H,13,15)(H,16,17). The van der Waals surface area contributed by atoms with Crippen molar-refractivity contribution in [3.63, 3.8) is 0 Å². The van der Waals surface area contributed by atoms with Gasteiger partial charge in [-0.1, -0.05) is 17.3 Å². The summed E-state index contributed by atoms with van der Waals surface area (Å²) in [6.07, 6.45) is -0.00532. The van der Waals surface area contributed by atoms with Gasteiger partial charge in [-0.15, -0.1) is 0 Å². The van der Waals surface area contributed by atoms with E-state index < -0.39 is 17.9 Å². The van der Waals surface area contributed by atoms with Gasteiger partial charge in [0.1, 0.15) is 11.7 Å². The number of carbonyl (C=O) groups excluding carboxylic acids is 1. The highest BCUT2D eigenvalue weighted by atomic mass is 16.5. The first-order chi connectivity index (χ1) is 8.58. The van der Waals surface area contributed by atoms with Gasteiger partial charge in [0.25, 0.3) is 0 Å². The van der Waals surface area contributed by atoms with Crippen molar-refractivity contribution in [3.8, 4) is 0 Å². The van der Waals surface area contributed by atoms with Crippen molar-refractivity contribution in [2.24, 2.45) is 0 Å². The summed E-state index contributed by atoms with van der Waals surface area (Å²) < 4.78 is 5.06. The lowest BCUT2D eigenvalue weighted by atomic mass is 10.1.